The van der Waals surface area contributed by atoms with E-state index in [1.807, 2.05) is 0 Å². The molecule has 0 fully saturated rings. The van der Waals surface area contributed by atoms with Gasteiger partial charge in [0, 0.05) is 22.5 Å². The van der Waals surface area contributed by atoms with Crippen LogP contribution in [-0.2, 0) is 6.42 Å². The zero-order valence-corrected chi connectivity index (χ0v) is 17.3. The fraction of sp³-hybridized carbons (Fsp3) is 0.103. The molecule has 2 heteroatoms. The van der Waals surface area contributed by atoms with Crippen LogP contribution in [0.3, 0.4) is 0 Å². The van der Waals surface area contributed by atoms with Crippen molar-refractivity contribution in [2.24, 2.45) is 0 Å². The SMILES string of the molecule is C1=Cc2c(c3ccccc3n2C2=CC(c3ccccc3)NC(c3ccccc3)=C2)CC1. The van der Waals surface area contributed by atoms with Crippen LogP contribution < -0.4 is 5.32 Å². The van der Waals surface area contributed by atoms with Crippen LogP contribution in [0.4, 0.5) is 0 Å². The number of hydrogen-bond donors (Lipinski definition) is 1. The van der Waals surface area contributed by atoms with Crippen molar-refractivity contribution in [2.45, 2.75) is 18.9 Å². The number of hydrogen-bond acceptors (Lipinski definition) is 1. The fourth-order valence-corrected chi connectivity index (χ4v) is 4.85. The molecule has 0 amide bonds. The Labute approximate surface area is 182 Å². The molecule has 2 aliphatic rings. The maximum atomic E-state index is 3.76. The second-order valence-electron chi connectivity index (χ2n) is 8.21. The molecule has 2 nitrogen and oxygen atoms in total. The largest absolute Gasteiger partial charge is 0.374 e. The molecule has 0 radical (unpaired) electrons. The van der Waals surface area contributed by atoms with E-state index in [0.717, 1.165) is 18.5 Å². The highest BCUT2D eigenvalue weighted by atomic mass is 15.0. The Balaban J connectivity index is 1.58. The molecule has 2 heterocycles. The molecule has 1 aromatic heterocycles. The molecule has 4 aromatic rings. The Morgan fingerprint density at radius 1 is 0.806 bits per heavy atom. The van der Waals surface area contributed by atoms with Gasteiger partial charge < -0.3 is 9.88 Å². The van der Waals surface area contributed by atoms with Gasteiger partial charge in [-0.25, -0.2) is 0 Å². The van der Waals surface area contributed by atoms with E-state index in [1.165, 1.54) is 39.0 Å². The number of para-hydroxylation sites is 1. The van der Waals surface area contributed by atoms with Gasteiger partial charge in [-0.3, -0.25) is 0 Å². The van der Waals surface area contributed by atoms with Gasteiger partial charge in [0.25, 0.3) is 0 Å². The number of rotatable bonds is 3. The molecule has 6 rings (SSSR count). The Hall–Kier alpha value is -3.78. The second kappa shape index (κ2) is 7.48. The van der Waals surface area contributed by atoms with E-state index in [0.29, 0.717) is 0 Å². The first-order valence-corrected chi connectivity index (χ1v) is 11.0. The first kappa shape index (κ1) is 18.0. The van der Waals surface area contributed by atoms with Crippen molar-refractivity contribution in [3.8, 4) is 0 Å². The maximum Gasteiger partial charge on any atom is 0.0721 e. The Bertz CT molecular complexity index is 1340. The van der Waals surface area contributed by atoms with E-state index in [4.69, 9.17) is 0 Å². The lowest BCUT2D eigenvalue weighted by Gasteiger charge is -2.27. The molecular weight excluding hydrogens is 376 g/mol. The predicted molar refractivity (Wildman–Crippen MR) is 130 cm³/mol. The van der Waals surface area contributed by atoms with E-state index in [2.05, 4.69) is 119 Å². The Morgan fingerprint density at radius 2 is 1.55 bits per heavy atom. The molecule has 1 atom stereocenters. The third kappa shape index (κ3) is 3.12. The zero-order chi connectivity index (χ0) is 20.6. The van der Waals surface area contributed by atoms with Crippen LogP contribution in [0.1, 0.15) is 34.8 Å². The van der Waals surface area contributed by atoms with Crippen LogP contribution in [0, 0.1) is 0 Å². The highest BCUT2D eigenvalue weighted by Crippen LogP contribution is 2.37. The quantitative estimate of drug-likeness (QED) is 0.399. The Kier molecular flexibility index (Phi) is 4.35. The molecule has 1 aliphatic heterocycles. The molecule has 0 saturated carbocycles. The number of allylic oxidation sites excluding steroid dienone is 3. The number of benzene rings is 3. The van der Waals surface area contributed by atoms with Crippen molar-refractivity contribution in [2.75, 3.05) is 0 Å². The summed E-state index contributed by atoms with van der Waals surface area (Å²) in [5.41, 5.74) is 8.90. The fourth-order valence-electron chi connectivity index (χ4n) is 4.85. The summed E-state index contributed by atoms with van der Waals surface area (Å²) in [5, 5.41) is 5.13. The van der Waals surface area contributed by atoms with Gasteiger partial charge in [0.15, 0.2) is 0 Å². The van der Waals surface area contributed by atoms with Crippen molar-refractivity contribution >= 4 is 28.4 Å². The van der Waals surface area contributed by atoms with Gasteiger partial charge in [0.1, 0.15) is 0 Å². The number of fused-ring (bicyclic) bond motifs is 3. The lowest BCUT2D eigenvalue weighted by molar-refractivity contribution is 0.760. The molecule has 0 bridgehead atoms. The molecule has 3 aromatic carbocycles. The maximum absolute atomic E-state index is 3.76. The summed E-state index contributed by atoms with van der Waals surface area (Å²) < 4.78 is 2.44. The molecule has 150 valence electrons. The molecule has 0 saturated heterocycles. The van der Waals surface area contributed by atoms with Crippen LogP contribution in [0.25, 0.3) is 28.4 Å². The van der Waals surface area contributed by atoms with Crippen LogP contribution in [0.5, 0.6) is 0 Å². The minimum absolute atomic E-state index is 0.112. The lowest BCUT2D eigenvalue weighted by atomic mass is 9.99. The summed E-state index contributed by atoms with van der Waals surface area (Å²) in [7, 11) is 0. The second-order valence-corrected chi connectivity index (χ2v) is 8.21. The van der Waals surface area contributed by atoms with E-state index < -0.39 is 0 Å². The van der Waals surface area contributed by atoms with Gasteiger partial charge in [-0.1, -0.05) is 84.9 Å². The van der Waals surface area contributed by atoms with Gasteiger partial charge in [0.05, 0.1) is 11.6 Å². The van der Waals surface area contributed by atoms with E-state index in [1.54, 1.807) is 0 Å². The summed E-state index contributed by atoms with van der Waals surface area (Å²) in [4.78, 5) is 0. The molecule has 0 spiro atoms. The number of dihydropyridines is 1. The molecule has 31 heavy (non-hydrogen) atoms. The number of aryl methyl sites for hydroxylation is 1. The van der Waals surface area contributed by atoms with Gasteiger partial charge in [-0.15, -0.1) is 0 Å². The van der Waals surface area contributed by atoms with Crippen molar-refractivity contribution in [3.63, 3.8) is 0 Å². The first-order chi connectivity index (χ1) is 15.4. The minimum atomic E-state index is 0.112. The molecule has 1 unspecified atom stereocenters. The van der Waals surface area contributed by atoms with E-state index >= 15 is 0 Å². The predicted octanol–water partition coefficient (Wildman–Crippen LogP) is 6.83. The summed E-state index contributed by atoms with van der Waals surface area (Å²) in [5.74, 6) is 0. The topological polar surface area (TPSA) is 17.0 Å². The van der Waals surface area contributed by atoms with Crippen LogP contribution in [0.2, 0.25) is 0 Å². The minimum Gasteiger partial charge on any atom is -0.374 e. The number of aromatic nitrogens is 1. The smallest absolute Gasteiger partial charge is 0.0721 e. The lowest BCUT2D eigenvalue weighted by Crippen LogP contribution is -2.23. The van der Waals surface area contributed by atoms with Crippen LogP contribution in [-0.4, -0.2) is 4.57 Å². The first-order valence-electron chi connectivity index (χ1n) is 11.0. The van der Waals surface area contributed by atoms with E-state index in [9.17, 15) is 0 Å². The summed E-state index contributed by atoms with van der Waals surface area (Å²) >= 11 is 0. The third-order valence-corrected chi connectivity index (χ3v) is 6.30. The Morgan fingerprint density at radius 3 is 2.39 bits per heavy atom. The monoisotopic (exact) mass is 400 g/mol. The molecule has 1 aliphatic carbocycles. The highest BCUT2D eigenvalue weighted by Gasteiger charge is 2.23. The third-order valence-electron chi connectivity index (χ3n) is 6.30. The standard InChI is InChI=1S/C29H24N2/c1-3-11-21(12-4-1)26-19-23(20-27(30-26)22-13-5-2-6-14-22)31-28-17-9-7-15-24(28)25-16-8-10-18-29(25)31/h1-7,9-15,17-20,26,30H,8,16H2. The number of nitrogens with zero attached hydrogens (tertiary/aromatic N) is 1. The van der Waals surface area contributed by atoms with Crippen molar-refractivity contribution < 1.29 is 0 Å². The van der Waals surface area contributed by atoms with E-state index in [-0.39, 0.29) is 6.04 Å². The summed E-state index contributed by atoms with van der Waals surface area (Å²) in [6.45, 7) is 0. The average Bonchev–Trinajstić information content (AvgIpc) is 3.19. The van der Waals surface area contributed by atoms with Crippen LogP contribution in [0.15, 0.2) is 103 Å². The normalized spacial score (nSPS) is 17.6. The molecular formula is C29H24N2. The highest BCUT2D eigenvalue weighted by molar-refractivity contribution is 5.94. The van der Waals surface area contributed by atoms with Crippen molar-refractivity contribution in [1.82, 2.24) is 9.88 Å². The van der Waals surface area contributed by atoms with Gasteiger partial charge >= 0.3 is 0 Å². The van der Waals surface area contributed by atoms with Crippen LogP contribution >= 0.6 is 0 Å². The summed E-state index contributed by atoms with van der Waals surface area (Å²) in [6, 6.07) is 30.2. The van der Waals surface area contributed by atoms with Gasteiger partial charge in [0.2, 0.25) is 0 Å². The van der Waals surface area contributed by atoms with Crippen molar-refractivity contribution in [1.29, 1.82) is 0 Å². The van der Waals surface area contributed by atoms with Gasteiger partial charge in [-0.2, -0.15) is 0 Å². The van der Waals surface area contributed by atoms with Crippen molar-refractivity contribution in [3.05, 3.63) is 126 Å². The summed E-state index contributed by atoms with van der Waals surface area (Å²) in [6.07, 6.45) is 11.5. The van der Waals surface area contributed by atoms with Gasteiger partial charge in [-0.05, 0) is 53.8 Å². The number of nitrogens with one attached hydrogen (secondary N) is 1. The zero-order valence-electron chi connectivity index (χ0n) is 17.3. The average molecular weight is 401 g/mol. The molecule has 1 N–H and O–H groups in total.